The Morgan fingerprint density at radius 2 is 2.00 bits per heavy atom. The Bertz CT molecular complexity index is 658. The summed E-state index contributed by atoms with van der Waals surface area (Å²) in [7, 11) is 1.88. The van der Waals surface area contributed by atoms with E-state index in [1.807, 2.05) is 36.2 Å². The minimum Gasteiger partial charge on any atom is -0.389 e. The number of rotatable bonds is 5. The maximum absolute atomic E-state index is 13.4. The van der Waals surface area contributed by atoms with Gasteiger partial charge in [-0.2, -0.15) is 0 Å². The molecule has 0 fully saturated rings. The maximum atomic E-state index is 13.4. The van der Waals surface area contributed by atoms with Crippen LogP contribution in [0.4, 0.5) is 15.8 Å². The van der Waals surface area contributed by atoms with Gasteiger partial charge in [-0.1, -0.05) is 31.3 Å². The molecule has 0 saturated heterocycles. The van der Waals surface area contributed by atoms with Gasteiger partial charge in [0, 0.05) is 23.2 Å². The van der Waals surface area contributed by atoms with Gasteiger partial charge in [0.25, 0.3) is 0 Å². The number of benzene rings is 2. The minimum atomic E-state index is -0.268. The largest absolute Gasteiger partial charge is 0.389 e. The van der Waals surface area contributed by atoms with Gasteiger partial charge in [0.05, 0.1) is 5.69 Å². The van der Waals surface area contributed by atoms with E-state index in [0.717, 1.165) is 27.6 Å². The zero-order chi connectivity index (χ0) is 15.4. The molecule has 0 bridgehead atoms. The molecule has 110 valence electrons. The zero-order valence-electron chi connectivity index (χ0n) is 12.0. The molecule has 0 aliphatic rings. The molecule has 0 heterocycles. The molecule has 0 aliphatic heterocycles. The first-order valence-electron chi connectivity index (χ1n) is 6.59. The minimum absolute atomic E-state index is 0.268. The molecule has 2 rings (SSSR count). The molecule has 0 radical (unpaired) electrons. The third-order valence-electron chi connectivity index (χ3n) is 3.11. The topological polar surface area (TPSA) is 29.3 Å². The predicted octanol–water partition coefficient (Wildman–Crippen LogP) is 4.34. The van der Waals surface area contributed by atoms with E-state index in [0.29, 0.717) is 4.99 Å². The number of nitrogens with two attached hydrogens (primary N) is 1. The number of halogens is 1. The summed E-state index contributed by atoms with van der Waals surface area (Å²) in [5.41, 5.74) is 8.38. The van der Waals surface area contributed by atoms with Gasteiger partial charge in [-0.15, -0.1) is 11.8 Å². The highest BCUT2D eigenvalue weighted by Gasteiger charge is 2.15. The Labute approximate surface area is 134 Å². The second kappa shape index (κ2) is 6.91. The van der Waals surface area contributed by atoms with Crippen LogP contribution < -0.4 is 10.6 Å². The smallest absolute Gasteiger partial charge is 0.125 e. The van der Waals surface area contributed by atoms with E-state index in [-0.39, 0.29) is 5.82 Å². The molecule has 0 atom stereocenters. The fourth-order valence-corrected chi connectivity index (χ4v) is 3.27. The van der Waals surface area contributed by atoms with Crippen LogP contribution in [-0.2, 0) is 0 Å². The van der Waals surface area contributed by atoms with Crippen LogP contribution in [-0.4, -0.2) is 17.8 Å². The van der Waals surface area contributed by atoms with Crippen molar-refractivity contribution in [3.8, 4) is 0 Å². The van der Waals surface area contributed by atoms with E-state index in [9.17, 15) is 4.39 Å². The van der Waals surface area contributed by atoms with Crippen molar-refractivity contribution >= 4 is 40.3 Å². The van der Waals surface area contributed by atoms with Crippen molar-refractivity contribution in [3.05, 3.63) is 53.8 Å². The average molecular weight is 320 g/mol. The molecule has 0 aromatic heterocycles. The molecule has 0 unspecified atom stereocenters. The van der Waals surface area contributed by atoms with Crippen LogP contribution in [0.3, 0.4) is 0 Å². The highest BCUT2D eigenvalue weighted by Crippen LogP contribution is 2.33. The molecule has 21 heavy (non-hydrogen) atoms. The Morgan fingerprint density at radius 1 is 1.29 bits per heavy atom. The first kappa shape index (κ1) is 15.8. The zero-order valence-corrected chi connectivity index (χ0v) is 13.6. The second-order valence-electron chi connectivity index (χ2n) is 4.49. The van der Waals surface area contributed by atoms with E-state index in [2.05, 4.69) is 6.92 Å². The highest BCUT2D eigenvalue weighted by atomic mass is 32.2. The molecule has 0 amide bonds. The Hall–Kier alpha value is -1.59. The fraction of sp³-hybridized carbons (Fsp3) is 0.188. The van der Waals surface area contributed by atoms with Gasteiger partial charge >= 0.3 is 0 Å². The van der Waals surface area contributed by atoms with Crippen molar-refractivity contribution in [2.45, 2.75) is 11.8 Å². The van der Waals surface area contributed by atoms with Crippen LogP contribution >= 0.6 is 24.0 Å². The third kappa shape index (κ3) is 3.54. The van der Waals surface area contributed by atoms with Crippen LogP contribution in [0.25, 0.3) is 0 Å². The molecule has 0 aliphatic carbocycles. The van der Waals surface area contributed by atoms with Gasteiger partial charge in [0.2, 0.25) is 0 Å². The Morgan fingerprint density at radius 3 is 2.62 bits per heavy atom. The summed E-state index contributed by atoms with van der Waals surface area (Å²) in [5, 5.41) is 0. The van der Waals surface area contributed by atoms with Crippen molar-refractivity contribution in [3.63, 3.8) is 0 Å². The Balaban J connectivity index is 2.52. The summed E-state index contributed by atoms with van der Waals surface area (Å²) in [4.78, 5) is 3.30. The van der Waals surface area contributed by atoms with Crippen LogP contribution in [0, 0.1) is 5.82 Å². The summed E-state index contributed by atoms with van der Waals surface area (Å²) >= 11 is 6.90. The molecule has 5 heteroatoms. The molecule has 2 aromatic carbocycles. The van der Waals surface area contributed by atoms with Crippen LogP contribution in [0.15, 0.2) is 47.4 Å². The monoisotopic (exact) mass is 320 g/mol. The van der Waals surface area contributed by atoms with Gasteiger partial charge < -0.3 is 10.6 Å². The lowest BCUT2D eigenvalue weighted by Crippen LogP contribution is -2.18. The molecule has 2 aromatic rings. The molecular weight excluding hydrogens is 303 g/mol. The van der Waals surface area contributed by atoms with Crippen molar-refractivity contribution in [2.75, 3.05) is 17.7 Å². The van der Waals surface area contributed by atoms with Crippen LogP contribution in [0.5, 0.6) is 0 Å². The summed E-state index contributed by atoms with van der Waals surface area (Å²) in [5.74, 6) is 0.665. The number of thioether (sulfide) groups is 1. The lowest BCUT2D eigenvalue weighted by molar-refractivity contribution is 0.628. The molecule has 2 N–H and O–H groups in total. The van der Waals surface area contributed by atoms with E-state index in [4.69, 9.17) is 18.0 Å². The van der Waals surface area contributed by atoms with Crippen molar-refractivity contribution < 1.29 is 4.39 Å². The van der Waals surface area contributed by atoms with Gasteiger partial charge in [-0.05, 0) is 36.1 Å². The van der Waals surface area contributed by atoms with Gasteiger partial charge in [-0.3, -0.25) is 0 Å². The number of hydrogen-bond acceptors (Lipinski definition) is 3. The quantitative estimate of drug-likeness (QED) is 0.655. The van der Waals surface area contributed by atoms with E-state index in [1.54, 1.807) is 17.8 Å². The predicted molar refractivity (Wildman–Crippen MR) is 93.2 cm³/mol. The number of hydrogen-bond donors (Lipinski definition) is 1. The summed E-state index contributed by atoms with van der Waals surface area (Å²) < 4.78 is 13.4. The fourth-order valence-electron chi connectivity index (χ4n) is 2.15. The average Bonchev–Trinajstić information content (AvgIpc) is 2.46. The van der Waals surface area contributed by atoms with Crippen molar-refractivity contribution in [1.29, 1.82) is 0 Å². The number of thiocarbonyl (C=S) groups is 1. The highest BCUT2D eigenvalue weighted by molar-refractivity contribution is 7.99. The summed E-state index contributed by atoms with van der Waals surface area (Å²) in [6.45, 7) is 2.08. The van der Waals surface area contributed by atoms with Crippen LogP contribution in [0.2, 0.25) is 0 Å². The van der Waals surface area contributed by atoms with E-state index in [1.165, 1.54) is 12.1 Å². The SMILES string of the molecule is CCSc1cccc(N(C)c2cccc(F)c2)c1C(N)=S. The first-order chi connectivity index (χ1) is 10.0. The van der Waals surface area contributed by atoms with E-state index >= 15 is 0 Å². The summed E-state index contributed by atoms with van der Waals surface area (Å²) in [6.07, 6.45) is 0. The first-order valence-corrected chi connectivity index (χ1v) is 7.99. The summed E-state index contributed by atoms with van der Waals surface area (Å²) in [6, 6.07) is 12.4. The normalized spacial score (nSPS) is 10.4. The van der Waals surface area contributed by atoms with Gasteiger partial charge in [-0.25, -0.2) is 4.39 Å². The number of nitrogens with zero attached hydrogens (tertiary/aromatic N) is 1. The van der Waals surface area contributed by atoms with Crippen molar-refractivity contribution in [1.82, 2.24) is 0 Å². The van der Waals surface area contributed by atoms with Gasteiger partial charge in [0.1, 0.15) is 10.8 Å². The second-order valence-corrected chi connectivity index (χ2v) is 6.23. The molecular formula is C16H17FN2S2. The lowest BCUT2D eigenvalue weighted by Gasteiger charge is -2.24. The van der Waals surface area contributed by atoms with E-state index < -0.39 is 0 Å². The standard InChI is InChI=1S/C16H17FN2S2/c1-3-21-14-9-5-8-13(15(14)16(18)20)19(2)12-7-4-6-11(17)10-12/h4-10H,3H2,1-2H3,(H2,18,20). The maximum Gasteiger partial charge on any atom is 0.125 e. The molecule has 0 spiro atoms. The lowest BCUT2D eigenvalue weighted by atomic mass is 10.1. The molecule has 2 nitrogen and oxygen atoms in total. The van der Waals surface area contributed by atoms with Gasteiger partial charge in [0.15, 0.2) is 0 Å². The molecule has 0 saturated carbocycles. The van der Waals surface area contributed by atoms with Crippen LogP contribution in [0.1, 0.15) is 12.5 Å². The Kier molecular flexibility index (Phi) is 5.20. The van der Waals surface area contributed by atoms with Crippen molar-refractivity contribution in [2.24, 2.45) is 5.73 Å². The third-order valence-corrected chi connectivity index (χ3v) is 4.25. The number of anilines is 2.